The average molecular weight is 300 g/mol. The number of likely N-dealkylation sites (tertiary alicyclic amines) is 1. The Morgan fingerprint density at radius 2 is 2.05 bits per heavy atom. The average Bonchev–Trinajstić information content (AvgIpc) is 3.05. The van der Waals surface area contributed by atoms with Crippen molar-refractivity contribution in [2.24, 2.45) is 5.92 Å². The molecule has 1 atom stereocenters. The number of carbonyl (C=O) groups excluding carboxylic acids is 1. The molecule has 22 heavy (non-hydrogen) atoms. The monoisotopic (exact) mass is 300 g/mol. The summed E-state index contributed by atoms with van der Waals surface area (Å²) in [5.41, 5.74) is 1.46. The molecule has 1 aliphatic rings. The Morgan fingerprint density at radius 3 is 2.77 bits per heavy atom. The van der Waals surface area contributed by atoms with E-state index >= 15 is 0 Å². The zero-order valence-corrected chi connectivity index (χ0v) is 11.9. The van der Waals surface area contributed by atoms with Crippen LogP contribution in [0.1, 0.15) is 23.4 Å². The molecule has 3 rings (SSSR count). The minimum absolute atomic E-state index is 0.143. The van der Waals surface area contributed by atoms with Crippen molar-refractivity contribution >= 4 is 11.9 Å². The van der Waals surface area contributed by atoms with E-state index in [-0.39, 0.29) is 18.2 Å². The Morgan fingerprint density at radius 1 is 1.27 bits per heavy atom. The van der Waals surface area contributed by atoms with Crippen molar-refractivity contribution < 1.29 is 19.2 Å². The SMILES string of the molecule is O=C(O)[C@H]1CCCN(C(=O)c2cc(-c3ccccc3)no2)C1. The van der Waals surface area contributed by atoms with E-state index < -0.39 is 11.9 Å². The van der Waals surface area contributed by atoms with Gasteiger partial charge in [-0.15, -0.1) is 0 Å². The minimum atomic E-state index is -0.861. The number of aromatic nitrogens is 1. The summed E-state index contributed by atoms with van der Waals surface area (Å²) in [6, 6.07) is 11.0. The van der Waals surface area contributed by atoms with Gasteiger partial charge in [0.25, 0.3) is 5.91 Å². The lowest BCUT2D eigenvalue weighted by Gasteiger charge is -2.29. The van der Waals surface area contributed by atoms with Crippen LogP contribution in [0.15, 0.2) is 40.9 Å². The maximum absolute atomic E-state index is 12.4. The second-order valence-corrected chi connectivity index (χ2v) is 5.37. The highest BCUT2D eigenvalue weighted by molar-refractivity contribution is 5.92. The maximum Gasteiger partial charge on any atom is 0.308 e. The van der Waals surface area contributed by atoms with E-state index in [1.54, 1.807) is 6.07 Å². The lowest BCUT2D eigenvalue weighted by Crippen LogP contribution is -2.42. The van der Waals surface area contributed by atoms with Gasteiger partial charge in [-0.3, -0.25) is 9.59 Å². The molecule has 1 fully saturated rings. The Kier molecular flexibility index (Phi) is 3.91. The van der Waals surface area contributed by atoms with Gasteiger partial charge in [-0.1, -0.05) is 35.5 Å². The largest absolute Gasteiger partial charge is 0.481 e. The van der Waals surface area contributed by atoms with Gasteiger partial charge in [0.05, 0.1) is 5.92 Å². The molecule has 1 aromatic carbocycles. The lowest BCUT2D eigenvalue weighted by atomic mass is 9.98. The van der Waals surface area contributed by atoms with Gasteiger partial charge in [-0.2, -0.15) is 0 Å². The number of benzene rings is 1. The second kappa shape index (κ2) is 6.01. The first-order valence-electron chi connectivity index (χ1n) is 7.19. The van der Waals surface area contributed by atoms with Gasteiger partial charge in [0.1, 0.15) is 5.69 Å². The molecule has 0 radical (unpaired) electrons. The molecule has 0 saturated carbocycles. The number of rotatable bonds is 3. The van der Waals surface area contributed by atoms with Crippen LogP contribution in [0.5, 0.6) is 0 Å². The molecular formula is C16H16N2O4. The highest BCUT2D eigenvalue weighted by atomic mass is 16.5. The fourth-order valence-electron chi connectivity index (χ4n) is 2.64. The van der Waals surface area contributed by atoms with Gasteiger partial charge in [-0.05, 0) is 12.8 Å². The van der Waals surface area contributed by atoms with Crippen molar-refractivity contribution in [2.75, 3.05) is 13.1 Å². The summed E-state index contributed by atoms with van der Waals surface area (Å²) in [5, 5.41) is 13.0. The summed E-state index contributed by atoms with van der Waals surface area (Å²) >= 11 is 0. The normalized spacial score (nSPS) is 18.2. The van der Waals surface area contributed by atoms with Crippen molar-refractivity contribution in [2.45, 2.75) is 12.8 Å². The highest BCUT2D eigenvalue weighted by Crippen LogP contribution is 2.22. The number of amides is 1. The minimum Gasteiger partial charge on any atom is -0.481 e. The van der Waals surface area contributed by atoms with Crippen LogP contribution in [0.4, 0.5) is 0 Å². The Labute approximate surface area is 127 Å². The summed E-state index contributed by atoms with van der Waals surface area (Å²) in [5.74, 6) is -1.53. The van der Waals surface area contributed by atoms with Crippen LogP contribution >= 0.6 is 0 Å². The highest BCUT2D eigenvalue weighted by Gasteiger charge is 2.30. The molecule has 1 N–H and O–H groups in total. The maximum atomic E-state index is 12.4. The Bertz CT molecular complexity index is 680. The van der Waals surface area contributed by atoms with Gasteiger partial charge >= 0.3 is 5.97 Å². The van der Waals surface area contributed by atoms with Crippen LogP contribution < -0.4 is 0 Å². The molecule has 114 valence electrons. The van der Waals surface area contributed by atoms with E-state index in [9.17, 15) is 9.59 Å². The van der Waals surface area contributed by atoms with E-state index in [4.69, 9.17) is 9.63 Å². The predicted octanol–water partition coefficient (Wildman–Crippen LogP) is 2.28. The molecule has 0 spiro atoms. The lowest BCUT2D eigenvalue weighted by molar-refractivity contribution is -0.143. The van der Waals surface area contributed by atoms with Crippen molar-refractivity contribution in [1.82, 2.24) is 10.1 Å². The number of piperidine rings is 1. The summed E-state index contributed by atoms with van der Waals surface area (Å²) < 4.78 is 5.14. The molecule has 0 bridgehead atoms. The summed E-state index contributed by atoms with van der Waals surface area (Å²) in [6.07, 6.45) is 1.28. The molecule has 1 saturated heterocycles. The summed E-state index contributed by atoms with van der Waals surface area (Å²) in [7, 11) is 0. The van der Waals surface area contributed by atoms with Crippen LogP contribution in [0.25, 0.3) is 11.3 Å². The van der Waals surface area contributed by atoms with Crippen LogP contribution in [0.2, 0.25) is 0 Å². The molecule has 6 nitrogen and oxygen atoms in total. The standard InChI is InChI=1S/C16H16N2O4/c19-15(18-8-4-7-12(10-18)16(20)21)14-9-13(17-22-14)11-5-2-1-3-6-11/h1-3,5-6,9,12H,4,7-8,10H2,(H,20,21)/t12-/m0/s1. The molecular weight excluding hydrogens is 284 g/mol. The van der Waals surface area contributed by atoms with Crippen molar-refractivity contribution in [3.63, 3.8) is 0 Å². The van der Waals surface area contributed by atoms with Crippen LogP contribution in [-0.4, -0.2) is 40.1 Å². The third kappa shape index (κ3) is 2.86. The Hall–Kier alpha value is -2.63. The molecule has 2 aromatic rings. The number of carboxylic acids is 1. The quantitative estimate of drug-likeness (QED) is 0.940. The molecule has 2 heterocycles. The Balaban J connectivity index is 1.76. The van der Waals surface area contributed by atoms with Crippen LogP contribution in [0, 0.1) is 5.92 Å². The summed E-state index contributed by atoms with van der Waals surface area (Å²) in [6.45, 7) is 0.763. The van der Waals surface area contributed by atoms with Crippen molar-refractivity contribution in [3.05, 3.63) is 42.2 Å². The van der Waals surface area contributed by atoms with Crippen LogP contribution in [-0.2, 0) is 4.79 Å². The second-order valence-electron chi connectivity index (χ2n) is 5.37. The van der Waals surface area contributed by atoms with E-state index in [2.05, 4.69) is 5.16 Å². The third-order valence-corrected chi connectivity index (χ3v) is 3.85. The first kappa shape index (κ1) is 14.3. The number of aliphatic carboxylic acids is 1. The van der Waals surface area contributed by atoms with Gasteiger partial charge in [0.15, 0.2) is 0 Å². The fourth-order valence-corrected chi connectivity index (χ4v) is 2.64. The van der Waals surface area contributed by atoms with Gasteiger partial charge in [0.2, 0.25) is 5.76 Å². The first-order valence-corrected chi connectivity index (χ1v) is 7.19. The molecule has 0 unspecified atom stereocenters. The van der Waals surface area contributed by atoms with Gasteiger partial charge in [0, 0.05) is 24.7 Å². The smallest absolute Gasteiger partial charge is 0.308 e. The van der Waals surface area contributed by atoms with E-state index in [1.165, 1.54) is 4.90 Å². The van der Waals surface area contributed by atoms with E-state index in [1.807, 2.05) is 30.3 Å². The first-order chi connectivity index (χ1) is 10.6. The summed E-state index contributed by atoms with van der Waals surface area (Å²) in [4.78, 5) is 25.0. The number of carboxylic acid groups (broad SMARTS) is 1. The molecule has 0 aliphatic carbocycles. The van der Waals surface area contributed by atoms with Crippen molar-refractivity contribution in [3.8, 4) is 11.3 Å². The zero-order chi connectivity index (χ0) is 15.5. The molecule has 1 aliphatic heterocycles. The molecule has 1 aromatic heterocycles. The number of nitrogens with zero attached hydrogens (tertiary/aromatic N) is 2. The predicted molar refractivity (Wildman–Crippen MR) is 78.2 cm³/mol. The topological polar surface area (TPSA) is 83.6 Å². The number of hydrogen-bond acceptors (Lipinski definition) is 4. The zero-order valence-electron chi connectivity index (χ0n) is 11.9. The third-order valence-electron chi connectivity index (χ3n) is 3.85. The molecule has 1 amide bonds. The van der Waals surface area contributed by atoms with Gasteiger partial charge < -0.3 is 14.5 Å². The molecule has 6 heteroatoms. The van der Waals surface area contributed by atoms with Crippen LogP contribution in [0.3, 0.4) is 0 Å². The van der Waals surface area contributed by atoms with Crippen molar-refractivity contribution in [1.29, 1.82) is 0 Å². The van der Waals surface area contributed by atoms with E-state index in [0.29, 0.717) is 25.1 Å². The fraction of sp³-hybridized carbons (Fsp3) is 0.312. The number of carbonyl (C=O) groups is 2. The van der Waals surface area contributed by atoms with Gasteiger partial charge in [-0.25, -0.2) is 0 Å². The van der Waals surface area contributed by atoms with E-state index in [0.717, 1.165) is 5.56 Å². The number of hydrogen-bond donors (Lipinski definition) is 1.